The molecule has 0 radical (unpaired) electrons. The smallest absolute Gasteiger partial charge is 0.261 e. The second-order valence-corrected chi connectivity index (χ2v) is 9.21. The molecule has 0 aliphatic carbocycles. The number of anilines is 1. The fraction of sp³-hybridized carbons (Fsp3) is 0.172. The van der Waals surface area contributed by atoms with Gasteiger partial charge in [-0.2, -0.15) is 0 Å². The summed E-state index contributed by atoms with van der Waals surface area (Å²) in [5.41, 5.74) is 2.83. The molecule has 0 fully saturated rings. The molecule has 0 aromatic heterocycles. The van der Waals surface area contributed by atoms with Gasteiger partial charge in [0.25, 0.3) is 29.5 Å². The van der Waals surface area contributed by atoms with Crippen LogP contribution < -0.4 is 10.6 Å². The maximum absolute atomic E-state index is 12.7. The molecular weight excluding hydrogens is 500 g/mol. The van der Waals surface area contributed by atoms with E-state index in [1.807, 2.05) is 12.1 Å². The first-order chi connectivity index (χ1) is 18.6. The molecule has 2 N–H and O–H groups in total. The second kappa shape index (κ2) is 11.1. The number of rotatable bonds is 8. The minimum Gasteiger partial charge on any atom is -0.352 e. The Bertz CT molecular complexity index is 1510. The number of hydrogen-bond donors (Lipinski definition) is 2. The van der Waals surface area contributed by atoms with E-state index in [1.54, 1.807) is 26.2 Å². The summed E-state index contributed by atoms with van der Waals surface area (Å²) >= 11 is 0. The summed E-state index contributed by atoms with van der Waals surface area (Å²) in [4.78, 5) is 75.4. The Morgan fingerprint density at radius 3 is 2.15 bits per heavy atom. The average Bonchev–Trinajstić information content (AvgIpc) is 3.16. The molecule has 0 unspecified atom stereocenters. The summed E-state index contributed by atoms with van der Waals surface area (Å²) in [6.07, 6.45) is 1.07. The largest absolute Gasteiger partial charge is 0.352 e. The van der Waals surface area contributed by atoms with Crippen LogP contribution in [0.2, 0.25) is 0 Å². The van der Waals surface area contributed by atoms with Gasteiger partial charge in [0.2, 0.25) is 0 Å². The van der Waals surface area contributed by atoms with Crippen molar-refractivity contribution in [3.8, 4) is 0 Å². The van der Waals surface area contributed by atoms with E-state index in [2.05, 4.69) is 10.6 Å². The number of hydrogen-bond acceptors (Lipinski definition) is 6. The number of nitrogens with zero attached hydrogens (tertiary/aromatic N) is 2. The topological polar surface area (TPSA) is 133 Å². The number of carbonyl (C=O) groups excluding carboxylic acids is 6. The second-order valence-electron chi connectivity index (χ2n) is 9.21. The third-order valence-corrected chi connectivity index (χ3v) is 6.34. The van der Waals surface area contributed by atoms with Crippen molar-refractivity contribution in [3.05, 3.63) is 99.6 Å². The first-order valence-electron chi connectivity index (χ1n) is 12.1. The highest BCUT2D eigenvalue weighted by atomic mass is 16.2. The van der Waals surface area contributed by atoms with Crippen molar-refractivity contribution >= 4 is 41.5 Å². The van der Waals surface area contributed by atoms with Crippen molar-refractivity contribution in [3.63, 3.8) is 0 Å². The van der Waals surface area contributed by atoms with Crippen molar-refractivity contribution in [2.45, 2.75) is 6.42 Å². The highest BCUT2D eigenvalue weighted by molar-refractivity contribution is 6.21. The summed E-state index contributed by atoms with van der Waals surface area (Å²) in [6.45, 7) is 0.334. The Morgan fingerprint density at radius 2 is 1.49 bits per heavy atom. The zero-order valence-corrected chi connectivity index (χ0v) is 21.6. The molecule has 0 bridgehead atoms. The van der Waals surface area contributed by atoms with Crippen LogP contribution in [0.5, 0.6) is 0 Å². The SMILES string of the molecule is CN(C)C(=O)c1ccc(C(=O)Nc2ccc(CCNC(=O)c3ccc4c(c3)C(=O)N(C)C4=O)cc2)cc1C=O. The summed E-state index contributed by atoms with van der Waals surface area (Å²) in [5, 5.41) is 5.56. The molecule has 3 aromatic rings. The number of amides is 5. The lowest BCUT2D eigenvalue weighted by Crippen LogP contribution is -2.26. The van der Waals surface area contributed by atoms with Gasteiger partial charge in [-0.25, -0.2) is 0 Å². The van der Waals surface area contributed by atoms with Crippen LogP contribution in [0.25, 0.3) is 0 Å². The summed E-state index contributed by atoms with van der Waals surface area (Å²) in [5.74, 6) is -1.94. The van der Waals surface area contributed by atoms with Crippen molar-refractivity contribution < 1.29 is 28.8 Å². The Morgan fingerprint density at radius 1 is 0.846 bits per heavy atom. The predicted octanol–water partition coefficient (Wildman–Crippen LogP) is 2.65. The average molecular weight is 527 g/mol. The number of nitrogens with one attached hydrogen (secondary N) is 2. The summed E-state index contributed by atoms with van der Waals surface area (Å²) in [6, 6.07) is 15.8. The highest BCUT2D eigenvalue weighted by Crippen LogP contribution is 2.23. The number of fused-ring (bicyclic) bond motifs is 1. The third kappa shape index (κ3) is 5.59. The van der Waals surface area contributed by atoms with Crippen LogP contribution in [0, 0.1) is 0 Å². The van der Waals surface area contributed by atoms with Crippen LogP contribution in [0.4, 0.5) is 5.69 Å². The van der Waals surface area contributed by atoms with E-state index in [9.17, 15) is 28.8 Å². The van der Waals surface area contributed by atoms with Gasteiger partial charge in [-0.1, -0.05) is 12.1 Å². The van der Waals surface area contributed by atoms with Crippen LogP contribution in [-0.2, 0) is 6.42 Å². The van der Waals surface area contributed by atoms with E-state index in [-0.39, 0.29) is 45.5 Å². The molecule has 10 heteroatoms. The lowest BCUT2D eigenvalue weighted by Gasteiger charge is -2.13. The Balaban J connectivity index is 1.32. The number of carbonyl (C=O) groups is 6. The summed E-state index contributed by atoms with van der Waals surface area (Å²) in [7, 11) is 4.56. The van der Waals surface area contributed by atoms with Gasteiger partial charge in [0.05, 0.1) is 16.7 Å². The van der Waals surface area contributed by atoms with E-state index in [0.29, 0.717) is 30.5 Å². The molecular formula is C29H26N4O6. The fourth-order valence-corrected chi connectivity index (χ4v) is 4.12. The molecule has 5 amide bonds. The molecule has 3 aromatic carbocycles. The number of aldehydes is 1. The van der Waals surface area contributed by atoms with E-state index in [1.165, 1.54) is 48.3 Å². The molecule has 1 aliphatic heterocycles. The van der Waals surface area contributed by atoms with E-state index >= 15 is 0 Å². The van der Waals surface area contributed by atoms with Crippen molar-refractivity contribution in [1.29, 1.82) is 0 Å². The Labute approximate surface area is 224 Å². The zero-order valence-electron chi connectivity index (χ0n) is 21.6. The van der Waals surface area contributed by atoms with Crippen molar-refractivity contribution in [1.82, 2.24) is 15.1 Å². The van der Waals surface area contributed by atoms with Gasteiger partial charge in [0, 0.05) is 50.1 Å². The van der Waals surface area contributed by atoms with Crippen LogP contribution in [-0.4, -0.2) is 73.3 Å². The van der Waals surface area contributed by atoms with Crippen molar-refractivity contribution in [2.24, 2.45) is 0 Å². The normalized spacial score (nSPS) is 12.1. The standard InChI is InChI=1S/C29H26N4O6/c1-32(2)27(37)22-10-6-18(14-20(22)16-34)26(36)31-21-8-4-17(5-9-21)12-13-30-25(35)19-7-11-23-24(15-19)29(39)33(3)28(23)38/h4-11,14-16H,12-13H2,1-3H3,(H,30,35)(H,31,36). The molecule has 10 nitrogen and oxygen atoms in total. The Hall–Kier alpha value is -5.12. The number of benzene rings is 3. The van der Waals surface area contributed by atoms with Gasteiger partial charge in [-0.05, 0) is 60.5 Å². The van der Waals surface area contributed by atoms with E-state index < -0.39 is 11.8 Å². The van der Waals surface area contributed by atoms with Crippen LogP contribution in [0.15, 0.2) is 60.7 Å². The lowest BCUT2D eigenvalue weighted by molar-refractivity contribution is 0.0691. The Kier molecular flexibility index (Phi) is 7.66. The molecule has 0 saturated carbocycles. The van der Waals surface area contributed by atoms with Crippen molar-refractivity contribution in [2.75, 3.05) is 33.0 Å². The zero-order chi connectivity index (χ0) is 28.3. The lowest BCUT2D eigenvalue weighted by atomic mass is 10.0. The van der Waals surface area contributed by atoms with Crippen LogP contribution in [0.1, 0.15) is 67.7 Å². The molecule has 39 heavy (non-hydrogen) atoms. The highest BCUT2D eigenvalue weighted by Gasteiger charge is 2.33. The molecule has 198 valence electrons. The minimum atomic E-state index is -0.433. The van der Waals surface area contributed by atoms with Gasteiger partial charge < -0.3 is 15.5 Å². The van der Waals surface area contributed by atoms with E-state index in [4.69, 9.17) is 0 Å². The van der Waals surface area contributed by atoms with Crippen LogP contribution >= 0.6 is 0 Å². The third-order valence-electron chi connectivity index (χ3n) is 6.34. The van der Waals surface area contributed by atoms with Gasteiger partial charge in [-0.15, -0.1) is 0 Å². The fourth-order valence-electron chi connectivity index (χ4n) is 4.12. The molecule has 0 saturated heterocycles. The molecule has 0 spiro atoms. The summed E-state index contributed by atoms with van der Waals surface area (Å²) < 4.78 is 0. The molecule has 0 atom stereocenters. The maximum atomic E-state index is 12.7. The number of imide groups is 1. The van der Waals surface area contributed by atoms with E-state index in [0.717, 1.165) is 10.5 Å². The maximum Gasteiger partial charge on any atom is 0.261 e. The molecule has 1 heterocycles. The first-order valence-corrected chi connectivity index (χ1v) is 12.1. The quantitative estimate of drug-likeness (QED) is 0.343. The predicted molar refractivity (Wildman–Crippen MR) is 143 cm³/mol. The first kappa shape index (κ1) is 26.9. The van der Waals surface area contributed by atoms with Gasteiger partial charge in [0.15, 0.2) is 6.29 Å². The van der Waals surface area contributed by atoms with Gasteiger partial charge in [-0.3, -0.25) is 33.7 Å². The molecule has 4 rings (SSSR count). The van der Waals surface area contributed by atoms with Gasteiger partial charge in [0.1, 0.15) is 0 Å². The molecule has 1 aliphatic rings. The monoisotopic (exact) mass is 526 g/mol. The minimum absolute atomic E-state index is 0.131. The van der Waals surface area contributed by atoms with Gasteiger partial charge >= 0.3 is 0 Å². The van der Waals surface area contributed by atoms with Crippen LogP contribution in [0.3, 0.4) is 0 Å².